The number of thioether (sulfide) groups is 1. The number of rotatable bonds is 19. The van der Waals surface area contributed by atoms with E-state index < -0.39 is 0 Å². The van der Waals surface area contributed by atoms with Gasteiger partial charge in [0.1, 0.15) is 0 Å². The second-order valence-electron chi connectivity index (χ2n) is 13.2. The van der Waals surface area contributed by atoms with Crippen LogP contribution in [0.1, 0.15) is 100 Å². The fourth-order valence-electron chi connectivity index (χ4n) is 4.12. The van der Waals surface area contributed by atoms with Gasteiger partial charge in [-0.3, -0.25) is 0 Å². The highest BCUT2D eigenvalue weighted by molar-refractivity contribution is 7.99. The van der Waals surface area contributed by atoms with Crippen molar-refractivity contribution in [1.82, 2.24) is 5.32 Å². The molecule has 0 atom stereocenters. The number of ether oxygens (including phenoxy) is 4. The molecule has 0 heterocycles. The van der Waals surface area contributed by atoms with E-state index in [2.05, 4.69) is 60.7 Å². The average Bonchev–Trinajstić information content (AvgIpc) is 2.75. The molecule has 0 saturated heterocycles. The smallest absolute Gasteiger partial charge is 0.0598 e. The summed E-state index contributed by atoms with van der Waals surface area (Å²) in [4.78, 5) is 0. The fourth-order valence-corrected chi connectivity index (χ4v) is 4.89. The lowest BCUT2D eigenvalue weighted by molar-refractivity contribution is -0.0173. The molecule has 5 nitrogen and oxygen atoms in total. The first-order chi connectivity index (χ1) is 16.3. The first-order valence-electron chi connectivity index (χ1n) is 14.0. The van der Waals surface area contributed by atoms with Crippen molar-refractivity contribution in [1.29, 1.82) is 0 Å². The maximum atomic E-state index is 6.05. The average molecular weight is 518 g/mol. The molecule has 0 unspecified atom stereocenters. The predicted octanol–water partition coefficient (Wildman–Crippen LogP) is 6.73. The van der Waals surface area contributed by atoms with Gasteiger partial charge < -0.3 is 24.3 Å². The molecule has 0 aromatic rings. The first-order valence-corrected chi connectivity index (χ1v) is 15.2. The Morgan fingerprint density at radius 1 is 0.714 bits per heavy atom. The highest BCUT2D eigenvalue weighted by Crippen LogP contribution is 2.40. The van der Waals surface area contributed by atoms with Gasteiger partial charge in [-0.2, -0.15) is 11.8 Å². The molecule has 0 amide bonds. The minimum absolute atomic E-state index is 0.0583. The molecule has 1 aliphatic rings. The molecule has 1 aliphatic carbocycles. The number of nitrogens with one attached hydrogen (secondary N) is 1. The van der Waals surface area contributed by atoms with Crippen molar-refractivity contribution in [2.45, 2.75) is 111 Å². The molecular formula is C29H59NO4S. The van der Waals surface area contributed by atoms with Crippen LogP contribution in [0.15, 0.2) is 0 Å². The van der Waals surface area contributed by atoms with Gasteiger partial charge >= 0.3 is 0 Å². The van der Waals surface area contributed by atoms with Crippen molar-refractivity contribution in [3.05, 3.63) is 0 Å². The summed E-state index contributed by atoms with van der Waals surface area (Å²) in [5.41, 5.74) is 0.803. The Morgan fingerprint density at radius 3 is 1.94 bits per heavy atom. The molecular weight excluding hydrogens is 458 g/mol. The van der Waals surface area contributed by atoms with E-state index in [-0.39, 0.29) is 16.6 Å². The van der Waals surface area contributed by atoms with Crippen molar-refractivity contribution in [3.8, 4) is 0 Å². The second-order valence-corrected chi connectivity index (χ2v) is 14.4. The fraction of sp³-hybridized carbons (Fsp3) is 1.00. The quantitative estimate of drug-likeness (QED) is 0.192. The summed E-state index contributed by atoms with van der Waals surface area (Å²) in [6, 6.07) is 0. The van der Waals surface area contributed by atoms with Gasteiger partial charge in [0.05, 0.1) is 18.8 Å². The highest BCUT2D eigenvalue weighted by atomic mass is 32.2. The van der Waals surface area contributed by atoms with Gasteiger partial charge in [-0.15, -0.1) is 0 Å². The monoisotopic (exact) mass is 517 g/mol. The minimum Gasteiger partial charge on any atom is -0.381 e. The summed E-state index contributed by atoms with van der Waals surface area (Å²) >= 11 is 2.04. The van der Waals surface area contributed by atoms with E-state index in [9.17, 15) is 0 Å². The lowest BCUT2D eigenvalue weighted by atomic mass is 9.69. The summed E-state index contributed by atoms with van der Waals surface area (Å²) in [5.74, 6) is 2.37. The van der Waals surface area contributed by atoms with E-state index in [1.54, 1.807) is 0 Å². The Morgan fingerprint density at radius 2 is 1.31 bits per heavy atom. The van der Waals surface area contributed by atoms with E-state index in [1.165, 1.54) is 37.2 Å². The molecule has 0 aromatic carbocycles. The van der Waals surface area contributed by atoms with Gasteiger partial charge in [-0.05, 0) is 89.2 Å². The Bertz CT molecular complexity index is 522. The molecule has 6 heteroatoms. The van der Waals surface area contributed by atoms with Crippen molar-refractivity contribution in [2.75, 3.05) is 64.3 Å². The Kier molecular flexibility index (Phi) is 16.0. The molecule has 1 fully saturated rings. The van der Waals surface area contributed by atoms with Crippen molar-refractivity contribution in [2.24, 2.45) is 10.8 Å². The molecule has 0 bridgehead atoms. The zero-order valence-corrected chi connectivity index (χ0v) is 25.4. The summed E-state index contributed by atoms with van der Waals surface area (Å²) in [5, 5.41) is 3.85. The van der Waals surface area contributed by atoms with Crippen LogP contribution in [0.2, 0.25) is 0 Å². The largest absolute Gasteiger partial charge is 0.381 e. The topological polar surface area (TPSA) is 49.0 Å². The van der Waals surface area contributed by atoms with Crippen LogP contribution in [-0.4, -0.2) is 75.4 Å². The van der Waals surface area contributed by atoms with Crippen LogP contribution < -0.4 is 5.32 Å². The maximum Gasteiger partial charge on any atom is 0.0598 e. The summed E-state index contributed by atoms with van der Waals surface area (Å²) in [6.07, 6.45) is 8.01. The third-order valence-electron chi connectivity index (χ3n) is 6.47. The summed E-state index contributed by atoms with van der Waals surface area (Å²) in [7, 11) is 0. The minimum atomic E-state index is -0.0583. The van der Waals surface area contributed by atoms with Crippen LogP contribution in [0.25, 0.3) is 0 Å². The SMILES string of the molecule is CC(C)(C)COCCCSCCN[C@]1(C)CC[C@](C)(COCCCOCCCOC(C)(C)C)CC1. The molecule has 210 valence electrons. The Labute approximate surface area is 222 Å². The van der Waals surface area contributed by atoms with Crippen molar-refractivity contribution in [3.63, 3.8) is 0 Å². The molecule has 35 heavy (non-hydrogen) atoms. The molecule has 1 saturated carbocycles. The lowest BCUT2D eigenvalue weighted by Crippen LogP contribution is -2.48. The number of hydrogen-bond donors (Lipinski definition) is 1. The van der Waals surface area contributed by atoms with Gasteiger partial charge in [0, 0.05) is 50.9 Å². The van der Waals surface area contributed by atoms with Gasteiger partial charge in [0.2, 0.25) is 0 Å². The van der Waals surface area contributed by atoms with E-state index in [4.69, 9.17) is 18.9 Å². The maximum absolute atomic E-state index is 6.05. The first kappa shape index (κ1) is 33.2. The summed E-state index contributed by atoms with van der Waals surface area (Å²) in [6.45, 7) is 24.5. The zero-order chi connectivity index (χ0) is 26.3. The predicted molar refractivity (Wildman–Crippen MR) is 152 cm³/mol. The third-order valence-corrected chi connectivity index (χ3v) is 7.54. The second kappa shape index (κ2) is 16.9. The van der Waals surface area contributed by atoms with E-state index in [1.807, 2.05) is 11.8 Å². The van der Waals surface area contributed by atoms with Crippen LogP contribution >= 0.6 is 11.8 Å². The lowest BCUT2D eigenvalue weighted by Gasteiger charge is -2.43. The van der Waals surface area contributed by atoms with E-state index in [0.29, 0.717) is 5.41 Å². The van der Waals surface area contributed by atoms with E-state index >= 15 is 0 Å². The molecule has 1 rings (SSSR count). The number of hydrogen-bond acceptors (Lipinski definition) is 6. The van der Waals surface area contributed by atoms with Gasteiger partial charge in [-0.1, -0.05) is 27.7 Å². The van der Waals surface area contributed by atoms with E-state index in [0.717, 1.165) is 72.1 Å². The normalized spacial score (nSPS) is 23.7. The molecule has 0 spiro atoms. The van der Waals surface area contributed by atoms with Crippen LogP contribution in [0.3, 0.4) is 0 Å². The standard InChI is InChI=1S/C29H59NO4S/c1-26(2,3)24-32-20-11-22-35-23-16-30-29(8)14-12-28(7,13-15-29)25-33-19-9-17-31-18-10-21-34-27(4,5)6/h30H,9-25H2,1-8H3/t28-,29+. The van der Waals surface area contributed by atoms with Crippen LogP contribution in [-0.2, 0) is 18.9 Å². The van der Waals surface area contributed by atoms with Crippen LogP contribution in [0.4, 0.5) is 0 Å². The Balaban J connectivity index is 1.99. The van der Waals surface area contributed by atoms with Gasteiger partial charge in [0.25, 0.3) is 0 Å². The molecule has 0 radical (unpaired) electrons. The van der Waals surface area contributed by atoms with Crippen molar-refractivity contribution >= 4 is 11.8 Å². The molecule has 0 aliphatic heterocycles. The van der Waals surface area contributed by atoms with Gasteiger partial charge in [0.15, 0.2) is 0 Å². The van der Waals surface area contributed by atoms with Crippen LogP contribution in [0.5, 0.6) is 0 Å². The van der Waals surface area contributed by atoms with Gasteiger partial charge in [-0.25, -0.2) is 0 Å². The highest BCUT2D eigenvalue weighted by Gasteiger charge is 2.37. The molecule has 1 N–H and O–H groups in total. The van der Waals surface area contributed by atoms with Crippen LogP contribution in [0, 0.1) is 10.8 Å². The van der Waals surface area contributed by atoms with Crippen molar-refractivity contribution < 1.29 is 18.9 Å². The zero-order valence-electron chi connectivity index (χ0n) is 24.6. The summed E-state index contributed by atoms with van der Waals surface area (Å²) < 4.78 is 23.2. The molecule has 0 aromatic heterocycles. The Hall–Kier alpha value is 0.150. The third kappa shape index (κ3) is 19.0.